The molecule has 2 atom stereocenters. The Bertz CT molecular complexity index is 1170. The largest absolute Gasteiger partial charge is 0.295 e. The summed E-state index contributed by atoms with van der Waals surface area (Å²) in [6.07, 6.45) is 3.97. The number of pyridine rings is 1. The van der Waals surface area contributed by atoms with E-state index in [-0.39, 0.29) is 0 Å². The number of imidazole rings is 1. The molecule has 3 heterocycles. The fourth-order valence-electron chi connectivity index (χ4n) is 5.53. The number of aryl methyl sites for hydroxylation is 2. The molecule has 24 heavy (non-hydrogen) atoms. The zero-order chi connectivity index (χ0) is 16.0. The molecule has 2 unspecified atom stereocenters. The molecule has 0 spiro atoms. The minimum atomic E-state index is 0.652. The molecule has 2 aliphatic rings. The van der Waals surface area contributed by atoms with E-state index in [1.807, 2.05) is 0 Å². The Morgan fingerprint density at radius 1 is 0.958 bits per heavy atom. The van der Waals surface area contributed by atoms with E-state index in [1.165, 1.54) is 57.9 Å². The van der Waals surface area contributed by atoms with Crippen LogP contribution in [0.5, 0.6) is 0 Å². The molecule has 0 saturated heterocycles. The first kappa shape index (κ1) is 13.0. The third-order valence-electron chi connectivity index (χ3n) is 6.44. The topological polar surface area (TPSA) is 17.3 Å². The minimum absolute atomic E-state index is 0.652. The van der Waals surface area contributed by atoms with Crippen molar-refractivity contribution in [1.29, 1.82) is 0 Å². The zero-order valence-electron chi connectivity index (χ0n) is 14.1. The smallest absolute Gasteiger partial charge is 0.145 e. The van der Waals surface area contributed by atoms with Crippen LogP contribution in [-0.4, -0.2) is 9.38 Å². The maximum absolute atomic E-state index is 5.05. The van der Waals surface area contributed by atoms with Gasteiger partial charge >= 0.3 is 0 Å². The summed E-state index contributed by atoms with van der Waals surface area (Å²) < 4.78 is 2.52. The van der Waals surface area contributed by atoms with Crippen LogP contribution in [0.3, 0.4) is 0 Å². The molecule has 1 aliphatic carbocycles. The molecule has 118 valence electrons. The van der Waals surface area contributed by atoms with Gasteiger partial charge in [-0.05, 0) is 49.1 Å². The normalized spacial score (nSPS) is 22.1. The van der Waals surface area contributed by atoms with E-state index in [2.05, 4.69) is 54.6 Å². The van der Waals surface area contributed by atoms with Crippen LogP contribution in [0, 0.1) is 13.8 Å². The lowest BCUT2D eigenvalue weighted by Crippen LogP contribution is -2.16. The summed E-state index contributed by atoms with van der Waals surface area (Å²) in [4.78, 5) is 5.05. The molecule has 1 fully saturated rings. The zero-order valence-corrected chi connectivity index (χ0v) is 14.1. The predicted molar refractivity (Wildman–Crippen MR) is 99.0 cm³/mol. The van der Waals surface area contributed by atoms with Crippen molar-refractivity contribution in [1.82, 2.24) is 9.38 Å². The van der Waals surface area contributed by atoms with Gasteiger partial charge in [0, 0.05) is 22.4 Å². The summed E-state index contributed by atoms with van der Waals surface area (Å²) in [5.74, 6) is 1.33. The standard InChI is InChI=1S/C22H20N2/c1-12-10-11-17-14-8-5-9-16(14)20-13(2)23-22-18-7-4-3-6-15(18)19(12)21(17)24(20)22/h3-4,6-7,10-11,14,16H,5,8-9H2,1-2H3. The van der Waals surface area contributed by atoms with Crippen molar-refractivity contribution in [2.75, 3.05) is 0 Å². The molecule has 1 saturated carbocycles. The van der Waals surface area contributed by atoms with Crippen LogP contribution in [0.15, 0.2) is 36.4 Å². The second kappa shape index (κ2) is 4.18. The average molecular weight is 312 g/mol. The van der Waals surface area contributed by atoms with Crippen LogP contribution in [0.1, 0.15) is 53.6 Å². The Morgan fingerprint density at radius 3 is 2.62 bits per heavy atom. The molecule has 2 aromatic carbocycles. The number of aromatic nitrogens is 2. The molecule has 2 nitrogen and oxygen atoms in total. The van der Waals surface area contributed by atoms with Gasteiger partial charge in [-0.3, -0.25) is 4.40 Å². The molecular weight excluding hydrogens is 292 g/mol. The molecule has 0 bridgehead atoms. The summed E-state index contributed by atoms with van der Waals surface area (Å²) in [7, 11) is 0. The first-order valence-electron chi connectivity index (χ1n) is 9.08. The van der Waals surface area contributed by atoms with Crippen molar-refractivity contribution in [3.63, 3.8) is 0 Å². The number of hydrogen-bond acceptors (Lipinski definition) is 1. The fraction of sp³-hybridized carbons (Fsp3) is 0.318. The van der Waals surface area contributed by atoms with Crippen molar-refractivity contribution < 1.29 is 0 Å². The lowest BCUT2D eigenvalue weighted by atomic mass is 9.81. The molecule has 2 heteroatoms. The quantitative estimate of drug-likeness (QED) is 0.385. The van der Waals surface area contributed by atoms with Crippen LogP contribution in [0.2, 0.25) is 0 Å². The van der Waals surface area contributed by atoms with Gasteiger partial charge in [0.1, 0.15) is 5.65 Å². The van der Waals surface area contributed by atoms with Crippen LogP contribution < -0.4 is 0 Å². The summed E-state index contributed by atoms with van der Waals surface area (Å²) in [5.41, 5.74) is 8.24. The van der Waals surface area contributed by atoms with Gasteiger partial charge in [0.25, 0.3) is 0 Å². The highest BCUT2D eigenvalue weighted by Gasteiger charge is 2.38. The fourth-order valence-corrected chi connectivity index (χ4v) is 5.53. The van der Waals surface area contributed by atoms with E-state index in [4.69, 9.17) is 4.98 Å². The van der Waals surface area contributed by atoms with E-state index in [1.54, 1.807) is 5.56 Å². The molecule has 1 aliphatic heterocycles. The number of fused-ring (bicyclic) bond motifs is 6. The summed E-state index contributed by atoms with van der Waals surface area (Å²) in [6, 6.07) is 13.5. The van der Waals surface area contributed by atoms with Crippen LogP contribution in [-0.2, 0) is 0 Å². The van der Waals surface area contributed by atoms with E-state index >= 15 is 0 Å². The van der Waals surface area contributed by atoms with Gasteiger partial charge in [-0.15, -0.1) is 0 Å². The highest BCUT2D eigenvalue weighted by atomic mass is 15.0. The van der Waals surface area contributed by atoms with Gasteiger partial charge < -0.3 is 0 Å². The SMILES string of the molecule is Cc1nc2c3ccccc3c3c(C)ccc4c3n2c1C1CCCC41. The van der Waals surface area contributed by atoms with Gasteiger partial charge in [-0.25, -0.2) is 4.98 Å². The van der Waals surface area contributed by atoms with Crippen LogP contribution in [0.4, 0.5) is 0 Å². The van der Waals surface area contributed by atoms with E-state index in [0.717, 1.165) is 5.65 Å². The number of hydrogen-bond donors (Lipinski definition) is 0. The van der Waals surface area contributed by atoms with Gasteiger partial charge in [0.05, 0.1) is 11.2 Å². The van der Waals surface area contributed by atoms with Gasteiger partial charge in [0.15, 0.2) is 0 Å². The van der Waals surface area contributed by atoms with Crippen molar-refractivity contribution in [3.8, 4) is 0 Å². The van der Waals surface area contributed by atoms with Crippen LogP contribution >= 0.6 is 0 Å². The maximum atomic E-state index is 5.05. The Kier molecular flexibility index (Phi) is 2.27. The first-order chi connectivity index (χ1) is 11.8. The molecule has 6 rings (SSSR count). The van der Waals surface area contributed by atoms with E-state index < -0.39 is 0 Å². The number of rotatable bonds is 0. The summed E-state index contributed by atoms with van der Waals surface area (Å²) in [6.45, 7) is 4.46. The molecular formula is C22H20N2. The Hall–Kier alpha value is -2.35. The van der Waals surface area contributed by atoms with Crippen molar-refractivity contribution >= 4 is 27.3 Å². The van der Waals surface area contributed by atoms with Crippen molar-refractivity contribution in [2.24, 2.45) is 0 Å². The van der Waals surface area contributed by atoms with Crippen molar-refractivity contribution in [3.05, 3.63) is 58.9 Å². The lowest BCUT2D eigenvalue weighted by molar-refractivity contribution is 0.589. The van der Waals surface area contributed by atoms with E-state index in [9.17, 15) is 0 Å². The number of nitrogens with zero attached hydrogens (tertiary/aromatic N) is 2. The second-order valence-corrected chi connectivity index (χ2v) is 7.63. The maximum Gasteiger partial charge on any atom is 0.145 e. The Balaban J connectivity index is 2.01. The molecule has 0 radical (unpaired) electrons. The highest BCUT2D eigenvalue weighted by molar-refractivity contribution is 6.14. The molecule has 0 N–H and O–H groups in total. The third-order valence-corrected chi connectivity index (χ3v) is 6.44. The third kappa shape index (κ3) is 1.33. The molecule has 4 aromatic rings. The summed E-state index contributed by atoms with van der Waals surface area (Å²) in [5, 5.41) is 4.07. The lowest BCUT2D eigenvalue weighted by Gasteiger charge is -2.29. The van der Waals surface area contributed by atoms with Gasteiger partial charge in [0.2, 0.25) is 0 Å². The number of benzene rings is 2. The minimum Gasteiger partial charge on any atom is -0.295 e. The van der Waals surface area contributed by atoms with E-state index in [0.29, 0.717) is 11.8 Å². The predicted octanol–water partition coefficient (Wildman–Crippen LogP) is 5.62. The van der Waals surface area contributed by atoms with Gasteiger partial charge in [-0.1, -0.05) is 42.8 Å². The highest BCUT2D eigenvalue weighted by Crippen LogP contribution is 2.53. The second-order valence-electron chi connectivity index (χ2n) is 7.63. The molecule has 2 aromatic heterocycles. The Labute approximate surface area is 141 Å². The monoisotopic (exact) mass is 312 g/mol. The Morgan fingerprint density at radius 2 is 1.75 bits per heavy atom. The average Bonchev–Trinajstić information content (AvgIpc) is 3.20. The van der Waals surface area contributed by atoms with Crippen LogP contribution in [0.25, 0.3) is 27.3 Å². The molecule has 0 amide bonds. The first-order valence-corrected chi connectivity index (χ1v) is 9.08. The van der Waals surface area contributed by atoms with Gasteiger partial charge in [-0.2, -0.15) is 0 Å². The van der Waals surface area contributed by atoms with Crippen molar-refractivity contribution in [2.45, 2.75) is 44.9 Å². The summed E-state index contributed by atoms with van der Waals surface area (Å²) >= 11 is 0.